The number of rotatable bonds is 10. The molecule has 0 aliphatic carbocycles. The van der Waals surface area contributed by atoms with Crippen LogP contribution in [0.4, 0.5) is 0 Å². The number of aliphatic hydroxyl groups is 1. The summed E-state index contributed by atoms with van der Waals surface area (Å²) < 4.78 is 13.4. The zero-order valence-electron chi connectivity index (χ0n) is 28.5. The molecule has 4 atom stereocenters. The molecule has 0 saturated carbocycles. The van der Waals surface area contributed by atoms with E-state index in [-0.39, 0.29) is 37.2 Å². The zero-order chi connectivity index (χ0) is 34.0. The Labute approximate surface area is 294 Å². The molecule has 4 aliphatic rings. The van der Waals surface area contributed by atoms with Gasteiger partial charge in [0.05, 0.1) is 36.5 Å². The number of aliphatic hydroxyl groups excluding tert-OH is 1. The van der Waals surface area contributed by atoms with Crippen LogP contribution in [-0.2, 0) is 22.6 Å². The number of nitrogens with zero attached hydrogens (tertiary/aromatic N) is 3. The first kappa shape index (κ1) is 33.0. The highest BCUT2D eigenvalue weighted by Gasteiger charge is 2.37. The fraction of sp³-hybridized carbons (Fsp3) is 0.381. The highest BCUT2D eigenvalue weighted by molar-refractivity contribution is 6.21. The summed E-state index contributed by atoms with van der Waals surface area (Å²) in [5, 5.41) is 9.61. The normalized spacial score (nSPS) is 24.3. The molecule has 4 aliphatic heterocycles. The Kier molecular flexibility index (Phi) is 9.62. The van der Waals surface area contributed by atoms with Gasteiger partial charge in [0, 0.05) is 31.1 Å². The van der Waals surface area contributed by atoms with E-state index in [1.165, 1.54) is 43.7 Å². The molecule has 8 rings (SSSR count). The van der Waals surface area contributed by atoms with E-state index in [9.17, 15) is 14.7 Å². The van der Waals surface area contributed by atoms with Gasteiger partial charge in [0.15, 0.2) is 6.29 Å². The van der Waals surface area contributed by atoms with E-state index < -0.39 is 6.29 Å². The average Bonchev–Trinajstić information content (AvgIpc) is 3.90. The lowest BCUT2D eigenvalue weighted by atomic mass is 9.98. The van der Waals surface area contributed by atoms with Gasteiger partial charge in [-0.1, -0.05) is 78.9 Å². The lowest BCUT2D eigenvalue weighted by Gasteiger charge is -2.39. The van der Waals surface area contributed by atoms with Crippen LogP contribution in [0.15, 0.2) is 97.1 Å². The molecule has 0 aromatic heterocycles. The lowest BCUT2D eigenvalue weighted by Crippen LogP contribution is -2.45. The second kappa shape index (κ2) is 14.6. The molecule has 4 aromatic rings. The van der Waals surface area contributed by atoms with Crippen LogP contribution in [0.3, 0.4) is 0 Å². The standard InChI is InChI=1S/C42H45N3O5/c46-28-29-12-14-32(15-13-29)39-24-36(27-44-22-6-9-35(44)26-43-20-3-4-21-43)49-42(50-39)33-18-16-31(17-19-33)34-8-5-7-30(23-34)25-45-40(47)37-10-1-2-11-38(37)41(45)48/h1-2,5,7-8,10-19,23,35-36,39,42,46H,3-4,6,9,20-22,24-28H2. The Balaban J connectivity index is 0.985. The summed E-state index contributed by atoms with van der Waals surface area (Å²) in [7, 11) is 0. The molecule has 0 radical (unpaired) electrons. The predicted octanol–water partition coefficient (Wildman–Crippen LogP) is 6.75. The van der Waals surface area contributed by atoms with Crippen molar-refractivity contribution < 1.29 is 24.2 Å². The first-order valence-corrected chi connectivity index (χ1v) is 18.1. The molecule has 4 aromatic carbocycles. The van der Waals surface area contributed by atoms with Gasteiger partial charge < -0.3 is 19.5 Å². The van der Waals surface area contributed by atoms with Crippen molar-refractivity contribution in [1.82, 2.24) is 14.7 Å². The molecule has 8 nitrogen and oxygen atoms in total. The molecule has 8 heteroatoms. The third-order valence-electron chi connectivity index (χ3n) is 10.9. The molecule has 2 amide bonds. The fourth-order valence-corrected chi connectivity index (χ4v) is 8.15. The van der Waals surface area contributed by atoms with Gasteiger partial charge in [0.2, 0.25) is 0 Å². The first-order valence-electron chi connectivity index (χ1n) is 18.1. The minimum absolute atomic E-state index is 0.0194. The van der Waals surface area contributed by atoms with E-state index in [1.54, 1.807) is 24.3 Å². The molecule has 4 heterocycles. The number of amides is 2. The van der Waals surface area contributed by atoms with E-state index in [4.69, 9.17) is 9.47 Å². The van der Waals surface area contributed by atoms with Gasteiger partial charge in [-0.3, -0.25) is 19.4 Å². The monoisotopic (exact) mass is 671 g/mol. The van der Waals surface area contributed by atoms with E-state index in [0.29, 0.717) is 17.2 Å². The molecular weight excluding hydrogens is 626 g/mol. The Morgan fingerprint density at radius 1 is 0.680 bits per heavy atom. The largest absolute Gasteiger partial charge is 0.392 e. The third kappa shape index (κ3) is 6.91. The topological polar surface area (TPSA) is 82.6 Å². The molecule has 1 N–H and O–H groups in total. The van der Waals surface area contributed by atoms with Gasteiger partial charge in [-0.2, -0.15) is 0 Å². The molecule has 3 saturated heterocycles. The van der Waals surface area contributed by atoms with E-state index in [2.05, 4.69) is 46.2 Å². The van der Waals surface area contributed by atoms with Crippen LogP contribution >= 0.6 is 0 Å². The van der Waals surface area contributed by atoms with E-state index in [0.717, 1.165) is 59.4 Å². The van der Waals surface area contributed by atoms with Crippen LogP contribution in [0.2, 0.25) is 0 Å². The van der Waals surface area contributed by atoms with Crippen LogP contribution in [0.25, 0.3) is 11.1 Å². The lowest BCUT2D eigenvalue weighted by molar-refractivity contribution is -0.253. The van der Waals surface area contributed by atoms with E-state index in [1.807, 2.05) is 36.4 Å². The summed E-state index contributed by atoms with van der Waals surface area (Å²) in [5.41, 5.74) is 6.81. The average molecular weight is 672 g/mol. The maximum Gasteiger partial charge on any atom is 0.261 e. The second-order valence-electron chi connectivity index (χ2n) is 14.2. The number of fused-ring (bicyclic) bond motifs is 1. The van der Waals surface area contributed by atoms with Crippen LogP contribution in [0, 0.1) is 0 Å². The van der Waals surface area contributed by atoms with Crippen molar-refractivity contribution in [1.29, 1.82) is 0 Å². The van der Waals surface area contributed by atoms with Crippen molar-refractivity contribution >= 4 is 11.8 Å². The van der Waals surface area contributed by atoms with Gasteiger partial charge in [-0.15, -0.1) is 0 Å². The first-order chi connectivity index (χ1) is 24.5. The summed E-state index contributed by atoms with van der Waals surface area (Å²) in [6, 6.07) is 32.0. The quantitative estimate of drug-likeness (QED) is 0.187. The van der Waals surface area contributed by atoms with Crippen molar-refractivity contribution in [2.75, 3.05) is 32.7 Å². The van der Waals surface area contributed by atoms with Crippen LogP contribution in [-0.4, -0.2) is 76.5 Å². The number of ether oxygens (including phenoxy) is 2. The molecule has 0 spiro atoms. The number of likely N-dealkylation sites (tertiary alicyclic amines) is 2. The van der Waals surface area contributed by atoms with Crippen LogP contribution in [0.5, 0.6) is 0 Å². The summed E-state index contributed by atoms with van der Waals surface area (Å²) in [6.45, 7) is 5.84. The Morgan fingerprint density at radius 3 is 2.12 bits per heavy atom. The summed E-state index contributed by atoms with van der Waals surface area (Å²) in [6.07, 6.45) is 5.28. The minimum atomic E-state index is -0.509. The van der Waals surface area contributed by atoms with Gasteiger partial charge in [-0.25, -0.2) is 0 Å². The number of hydrogen-bond acceptors (Lipinski definition) is 7. The van der Waals surface area contributed by atoms with Crippen molar-refractivity contribution in [3.05, 3.63) is 130 Å². The van der Waals surface area contributed by atoms with Crippen LogP contribution < -0.4 is 0 Å². The van der Waals surface area contributed by atoms with Gasteiger partial charge in [-0.05, 0) is 91.3 Å². The van der Waals surface area contributed by atoms with Crippen LogP contribution in [0.1, 0.15) is 87.5 Å². The molecule has 50 heavy (non-hydrogen) atoms. The highest BCUT2D eigenvalue weighted by atomic mass is 16.7. The Morgan fingerprint density at radius 2 is 1.40 bits per heavy atom. The van der Waals surface area contributed by atoms with Crippen molar-refractivity contribution in [2.45, 2.75) is 69.8 Å². The minimum Gasteiger partial charge on any atom is -0.392 e. The predicted molar refractivity (Wildman–Crippen MR) is 191 cm³/mol. The van der Waals surface area contributed by atoms with Gasteiger partial charge >= 0.3 is 0 Å². The SMILES string of the molecule is O=C1c2ccccc2C(=O)N1Cc1cccc(-c2ccc(C3OC(CN4CCCC4CN4CCCC4)CC(c4ccc(CO)cc4)O3)cc2)c1. The number of carbonyl (C=O) groups is 2. The highest BCUT2D eigenvalue weighted by Crippen LogP contribution is 2.39. The molecule has 4 unspecified atom stereocenters. The Bertz CT molecular complexity index is 1790. The maximum absolute atomic E-state index is 13.0. The van der Waals surface area contributed by atoms with Crippen molar-refractivity contribution in [3.63, 3.8) is 0 Å². The maximum atomic E-state index is 13.0. The number of imide groups is 1. The number of hydrogen-bond donors (Lipinski definition) is 1. The summed E-state index contributed by atoms with van der Waals surface area (Å²) in [4.78, 5) is 32.5. The van der Waals surface area contributed by atoms with Crippen molar-refractivity contribution in [3.8, 4) is 11.1 Å². The molecule has 0 bridgehead atoms. The molecule has 258 valence electrons. The molecular formula is C42H45N3O5. The van der Waals surface area contributed by atoms with Gasteiger partial charge in [0.1, 0.15) is 0 Å². The molecule has 3 fully saturated rings. The van der Waals surface area contributed by atoms with Gasteiger partial charge in [0.25, 0.3) is 11.8 Å². The number of benzene rings is 4. The zero-order valence-corrected chi connectivity index (χ0v) is 28.5. The van der Waals surface area contributed by atoms with E-state index >= 15 is 0 Å². The van der Waals surface area contributed by atoms with Crippen molar-refractivity contribution in [2.24, 2.45) is 0 Å². The summed E-state index contributed by atoms with van der Waals surface area (Å²) >= 11 is 0. The smallest absolute Gasteiger partial charge is 0.261 e. The Hall–Kier alpha value is -4.18. The summed E-state index contributed by atoms with van der Waals surface area (Å²) in [5.74, 6) is -0.499. The second-order valence-corrected chi connectivity index (χ2v) is 14.2. The third-order valence-corrected chi connectivity index (χ3v) is 10.9. The number of carbonyl (C=O) groups excluding carboxylic acids is 2. The fourth-order valence-electron chi connectivity index (χ4n) is 8.15.